The molecule has 1 aromatic rings. The van der Waals surface area contributed by atoms with Crippen LogP contribution in [0.25, 0.3) is 0 Å². The van der Waals surface area contributed by atoms with Gasteiger partial charge in [0, 0.05) is 10.9 Å². The van der Waals surface area contributed by atoms with Gasteiger partial charge in [-0.15, -0.1) is 11.8 Å². The van der Waals surface area contributed by atoms with Crippen LogP contribution >= 0.6 is 11.8 Å². The molecule has 126 valence electrons. The molecule has 0 bridgehead atoms. The third-order valence-corrected chi connectivity index (χ3v) is 7.00. The number of aromatic carboxylic acids is 1. The third kappa shape index (κ3) is 4.71. The van der Waals surface area contributed by atoms with Gasteiger partial charge in [-0.05, 0) is 37.5 Å². The lowest BCUT2D eigenvalue weighted by Crippen LogP contribution is -2.18. The molecule has 0 aliphatic carbocycles. The Labute approximate surface area is 139 Å². The average molecular weight is 357 g/mol. The Balaban J connectivity index is 1.98. The van der Waals surface area contributed by atoms with Crippen LogP contribution < -0.4 is 5.32 Å². The fourth-order valence-electron chi connectivity index (χ4n) is 2.49. The van der Waals surface area contributed by atoms with Crippen molar-refractivity contribution in [2.45, 2.75) is 25.5 Å². The maximum Gasteiger partial charge on any atom is 0.336 e. The fourth-order valence-corrected chi connectivity index (χ4v) is 5.93. The first-order valence-corrected chi connectivity index (χ1v) is 10.0. The van der Waals surface area contributed by atoms with Gasteiger partial charge >= 0.3 is 5.97 Å². The summed E-state index contributed by atoms with van der Waals surface area (Å²) in [6.45, 7) is 3.50. The molecule has 1 heterocycles. The fraction of sp³-hybridized carbons (Fsp3) is 0.467. The summed E-state index contributed by atoms with van der Waals surface area (Å²) in [5, 5.41) is 11.8. The molecule has 23 heavy (non-hydrogen) atoms. The Morgan fingerprint density at radius 1 is 1.30 bits per heavy atom. The zero-order chi connectivity index (χ0) is 17.2. The SMILES string of the molecule is Cc1cc(C)c(C(=O)O)cc1NC(=O)CSC1CCS(=O)(=O)C1. The van der Waals surface area contributed by atoms with Crippen LogP contribution in [0.2, 0.25) is 0 Å². The highest BCUT2D eigenvalue weighted by Crippen LogP contribution is 2.25. The predicted molar refractivity (Wildman–Crippen MR) is 91.0 cm³/mol. The Hall–Kier alpha value is -1.54. The van der Waals surface area contributed by atoms with Crippen molar-refractivity contribution in [1.29, 1.82) is 0 Å². The van der Waals surface area contributed by atoms with Crippen LogP contribution in [0.3, 0.4) is 0 Å². The molecule has 1 fully saturated rings. The second-order valence-corrected chi connectivity index (χ2v) is 9.19. The predicted octanol–water partition coefficient (Wildman–Crippen LogP) is 1.86. The number of thioether (sulfide) groups is 1. The normalized spacial score (nSPS) is 19.5. The topological polar surface area (TPSA) is 101 Å². The maximum atomic E-state index is 12.0. The Morgan fingerprint density at radius 2 is 2.00 bits per heavy atom. The minimum absolute atomic E-state index is 0.0422. The molecule has 1 aliphatic rings. The van der Waals surface area contributed by atoms with Gasteiger partial charge in [-0.25, -0.2) is 13.2 Å². The molecule has 8 heteroatoms. The molecule has 0 spiro atoms. The van der Waals surface area contributed by atoms with E-state index in [0.717, 1.165) is 5.56 Å². The highest BCUT2D eigenvalue weighted by atomic mass is 32.2. The number of nitrogens with one attached hydrogen (secondary N) is 1. The lowest BCUT2D eigenvalue weighted by atomic mass is 10.0. The molecule has 0 radical (unpaired) electrons. The summed E-state index contributed by atoms with van der Waals surface area (Å²) in [4.78, 5) is 23.2. The van der Waals surface area contributed by atoms with E-state index in [1.54, 1.807) is 19.9 Å². The monoisotopic (exact) mass is 357 g/mol. The second-order valence-electron chi connectivity index (χ2n) is 5.67. The highest BCUT2D eigenvalue weighted by molar-refractivity contribution is 8.02. The number of hydrogen-bond acceptors (Lipinski definition) is 5. The van der Waals surface area contributed by atoms with Gasteiger partial charge in [-0.1, -0.05) is 6.07 Å². The smallest absolute Gasteiger partial charge is 0.336 e. The first-order valence-electron chi connectivity index (χ1n) is 7.14. The van der Waals surface area contributed by atoms with Crippen LogP contribution in [-0.4, -0.2) is 47.9 Å². The number of carboxylic acids is 1. The molecule has 1 saturated heterocycles. The van der Waals surface area contributed by atoms with Gasteiger partial charge in [-0.3, -0.25) is 4.79 Å². The zero-order valence-corrected chi connectivity index (χ0v) is 14.6. The molecule has 2 N–H and O–H groups in total. The number of hydrogen-bond donors (Lipinski definition) is 2. The van der Waals surface area contributed by atoms with Crippen molar-refractivity contribution in [1.82, 2.24) is 0 Å². The van der Waals surface area contributed by atoms with Gasteiger partial charge in [0.05, 0.1) is 22.8 Å². The minimum Gasteiger partial charge on any atom is -0.478 e. The molecule has 1 amide bonds. The molecule has 6 nitrogen and oxygen atoms in total. The second kappa shape index (κ2) is 6.92. The molecular weight excluding hydrogens is 338 g/mol. The number of rotatable bonds is 5. The number of carboxylic acid groups (broad SMARTS) is 1. The van der Waals surface area contributed by atoms with Crippen molar-refractivity contribution in [3.05, 3.63) is 28.8 Å². The Morgan fingerprint density at radius 3 is 2.57 bits per heavy atom. The van der Waals surface area contributed by atoms with E-state index >= 15 is 0 Å². The summed E-state index contributed by atoms with van der Waals surface area (Å²) in [5.41, 5.74) is 2.05. The largest absolute Gasteiger partial charge is 0.478 e. The van der Waals surface area contributed by atoms with Crippen LogP contribution in [0.1, 0.15) is 27.9 Å². The van der Waals surface area contributed by atoms with Gasteiger partial charge < -0.3 is 10.4 Å². The van der Waals surface area contributed by atoms with E-state index in [4.69, 9.17) is 5.11 Å². The number of amides is 1. The Kier molecular flexibility index (Phi) is 5.36. The van der Waals surface area contributed by atoms with E-state index < -0.39 is 15.8 Å². The number of aryl methyl sites for hydroxylation is 2. The number of carbonyl (C=O) groups excluding carboxylic acids is 1. The van der Waals surface area contributed by atoms with Crippen molar-refractivity contribution in [2.24, 2.45) is 0 Å². The molecule has 1 unspecified atom stereocenters. The first-order chi connectivity index (χ1) is 10.7. The molecule has 2 rings (SSSR count). The van der Waals surface area contributed by atoms with Crippen LogP contribution in [0.4, 0.5) is 5.69 Å². The number of carbonyl (C=O) groups is 2. The molecule has 0 aromatic heterocycles. The molecule has 1 atom stereocenters. The number of anilines is 1. The number of benzene rings is 1. The van der Waals surface area contributed by atoms with Gasteiger partial charge in [0.2, 0.25) is 5.91 Å². The summed E-state index contributed by atoms with van der Waals surface area (Å²) < 4.78 is 22.8. The maximum absolute atomic E-state index is 12.0. The van der Waals surface area contributed by atoms with Crippen LogP contribution in [0, 0.1) is 13.8 Å². The Bertz CT molecular complexity index is 742. The average Bonchev–Trinajstić information content (AvgIpc) is 2.78. The molecule has 1 aliphatic heterocycles. The van der Waals surface area contributed by atoms with Crippen molar-refractivity contribution in [2.75, 3.05) is 22.6 Å². The van der Waals surface area contributed by atoms with Crippen LogP contribution in [0.5, 0.6) is 0 Å². The van der Waals surface area contributed by atoms with Crippen molar-refractivity contribution in [3.8, 4) is 0 Å². The summed E-state index contributed by atoms with van der Waals surface area (Å²) >= 11 is 1.33. The molecule has 1 aromatic carbocycles. The summed E-state index contributed by atoms with van der Waals surface area (Å²) in [6, 6.07) is 3.17. The summed E-state index contributed by atoms with van der Waals surface area (Å²) in [6.07, 6.45) is 0.576. The summed E-state index contributed by atoms with van der Waals surface area (Å²) in [7, 11) is -2.95. The van der Waals surface area contributed by atoms with Crippen molar-refractivity contribution < 1.29 is 23.1 Å². The minimum atomic E-state index is -2.95. The third-order valence-electron chi connectivity index (χ3n) is 3.72. The van der Waals surface area contributed by atoms with E-state index in [2.05, 4.69) is 5.32 Å². The van der Waals surface area contributed by atoms with E-state index in [9.17, 15) is 18.0 Å². The van der Waals surface area contributed by atoms with E-state index in [1.165, 1.54) is 17.8 Å². The summed E-state index contributed by atoms with van der Waals surface area (Å²) in [5.74, 6) is -0.843. The van der Waals surface area contributed by atoms with E-state index in [1.807, 2.05) is 0 Å². The van der Waals surface area contributed by atoms with Gasteiger partial charge in [0.1, 0.15) is 0 Å². The van der Waals surface area contributed by atoms with Crippen molar-refractivity contribution >= 4 is 39.2 Å². The lowest BCUT2D eigenvalue weighted by Gasteiger charge is -2.12. The standard InChI is InChI=1S/C15H19NO5S2/c1-9-5-10(2)13(6-12(9)15(18)19)16-14(17)7-22-11-3-4-23(20,21)8-11/h5-6,11H,3-4,7-8H2,1-2H3,(H,16,17)(H,18,19). The first kappa shape index (κ1) is 17.8. The number of sulfone groups is 1. The van der Waals surface area contributed by atoms with Crippen molar-refractivity contribution in [3.63, 3.8) is 0 Å². The highest BCUT2D eigenvalue weighted by Gasteiger charge is 2.28. The van der Waals surface area contributed by atoms with E-state index in [0.29, 0.717) is 17.7 Å². The van der Waals surface area contributed by atoms with Crippen LogP contribution in [-0.2, 0) is 14.6 Å². The molecule has 0 saturated carbocycles. The lowest BCUT2D eigenvalue weighted by molar-refractivity contribution is -0.113. The van der Waals surface area contributed by atoms with Gasteiger partial charge in [0.25, 0.3) is 0 Å². The van der Waals surface area contributed by atoms with Crippen LogP contribution in [0.15, 0.2) is 12.1 Å². The molecular formula is C15H19NO5S2. The van der Waals surface area contributed by atoms with E-state index in [-0.39, 0.29) is 34.0 Å². The zero-order valence-electron chi connectivity index (χ0n) is 13.0. The van der Waals surface area contributed by atoms with Gasteiger partial charge in [0.15, 0.2) is 9.84 Å². The quantitative estimate of drug-likeness (QED) is 0.834. The van der Waals surface area contributed by atoms with Gasteiger partial charge in [-0.2, -0.15) is 0 Å².